The van der Waals surface area contributed by atoms with Crippen molar-refractivity contribution in [3.8, 4) is 0 Å². The molecule has 2 aromatic heterocycles. The number of nitrogens with zero attached hydrogens (tertiary/aromatic N) is 2. The largest absolute Gasteiger partial charge is 0.462 e. The van der Waals surface area contributed by atoms with E-state index in [2.05, 4.69) is 9.97 Å². The molecule has 2 aromatic rings. The molecule has 0 unspecified atom stereocenters. The van der Waals surface area contributed by atoms with Crippen LogP contribution in [0, 0.1) is 0 Å². The Morgan fingerprint density at radius 3 is 3.06 bits per heavy atom. The first-order valence-corrected chi connectivity index (χ1v) is 6.90. The third-order valence-corrected chi connectivity index (χ3v) is 3.82. The lowest BCUT2D eigenvalue weighted by molar-refractivity contribution is 0.0527. The highest BCUT2D eigenvalue weighted by Crippen LogP contribution is 2.29. The number of nitrogen functional groups attached to an aromatic ring is 1. The monoisotopic (exact) mass is 281 g/mol. The van der Waals surface area contributed by atoms with Gasteiger partial charge in [0.15, 0.2) is 4.34 Å². The molecule has 0 fully saturated rings. The molecule has 0 aliphatic carbocycles. The van der Waals surface area contributed by atoms with Crippen LogP contribution < -0.4 is 5.73 Å². The molecule has 0 spiro atoms. The quantitative estimate of drug-likeness (QED) is 0.867. The van der Waals surface area contributed by atoms with Gasteiger partial charge in [-0.1, -0.05) is 0 Å². The van der Waals surface area contributed by atoms with Crippen LogP contribution in [0.1, 0.15) is 17.3 Å². The minimum atomic E-state index is -0.432. The van der Waals surface area contributed by atoms with Crippen molar-refractivity contribution in [1.82, 2.24) is 9.97 Å². The third kappa shape index (κ3) is 2.99. The van der Waals surface area contributed by atoms with Gasteiger partial charge in [0.1, 0.15) is 5.03 Å². The van der Waals surface area contributed by atoms with E-state index in [1.165, 1.54) is 29.3 Å². The van der Waals surface area contributed by atoms with Crippen molar-refractivity contribution in [2.45, 2.75) is 16.3 Å². The van der Waals surface area contributed by atoms with E-state index in [1.807, 2.05) is 5.38 Å². The summed E-state index contributed by atoms with van der Waals surface area (Å²) in [7, 11) is 0. The Hall–Kier alpha value is -1.60. The highest BCUT2D eigenvalue weighted by atomic mass is 32.2. The van der Waals surface area contributed by atoms with Crippen LogP contribution in [-0.2, 0) is 4.74 Å². The Morgan fingerprint density at radius 1 is 1.56 bits per heavy atom. The van der Waals surface area contributed by atoms with Gasteiger partial charge in [-0.05, 0) is 24.8 Å². The number of hydrogen-bond donors (Lipinski definition) is 1. The molecule has 94 valence electrons. The molecule has 0 atom stereocenters. The minimum Gasteiger partial charge on any atom is -0.462 e. The highest BCUT2D eigenvalue weighted by Gasteiger charge is 2.13. The number of nitrogens with two attached hydrogens (primary N) is 1. The van der Waals surface area contributed by atoms with Crippen LogP contribution in [-0.4, -0.2) is 22.5 Å². The van der Waals surface area contributed by atoms with Crippen LogP contribution in [0.2, 0.25) is 0 Å². The van der Waals surface area contributed by atoms with Gasteiger partial charge in [-0.15, -0.1) is 11.3 Å². The average Bonchev–Trinajstić information content (AvgIpc) is 2.84. The summed E-state index contributed by atoms with van der Waals surface area (Å²) in [5.74, 6) is -0.432. The second-order valence-corrected chi connectivity index (χ2v) is 5.39. The van der Waals surface area contributed by atoms with E-state index in [1.54, 1.807) is 19.2 Å². The molecular formula is C11H11N3O2S2. The van der Waals surface area contributed by atoms with Gasteiger partial charge in [-0.2, -0.15) is 0 Å². The fraction of sp³-hybridized carbons (Fsp3) is 0.182. The Morgan fingerprint density at radius 2 is 2.39 bits per heavy atom. The zero-order valence-corrected chi connectivity index (χ0v) is 11.3. The molecule has 0 radical (unpaired) electrons. The summed E-state index contributed by atoms with van der Waals surface area (Å²) in [6.07, 6.45) is 3.18. The molecular weight excluding hydrogens is 270 g/mol. The first-order chi connectivity index (χ1) is 8.70. The zero-order valence-electron chi connectivity index (χ0n) is 9.62. The van der Waals surface area contributed by atoms with Crippen molar-refractivity contribution >= 4 is 34.8 Å². The zero-order chi connectivity index (χ0) is 13.0. The molecule has 0 aliphatic heterocycles. The molecule has 7 heteroatoms. The molecule has 0 amide bonds. The Labute approximate surface area is 112 Å². The maximum atomic E-state index is 11.7. The number of carbonyl (C=O) groups is 1. The predicted octanol–water partition coefficient (Wildman–Crippen LogP) is 2.45. The summed E-state index contributed by atoms with van der Waals surface area (Å²) in [5.41, 5.74) is 6.36. The first-order valence-electron chi connectivity index (χ1n) is 5.20. The second kappa shape index (κ2) is 5.83. The molecule has 2 heterocycles. The summed E-state index contributed by atoms with van der Waals surface area (Å²) in [5, 5.41) is 2.55. The van der Waals surface area contributed by atoms with Gasteiger partial charge in [-0.3, -0.25) is 0 Å². The number of pyridine rings is 1. The van der Waals surface area contributed by atoms with E-state index in [0.29, 0.717) is 22.9 Å². The highest BCUT2D eigenvalue weighted by molar-refractivity contribution is 8.00. The van der Waals surface area contributed by atoms with E-state index in [0.717, 1.165) is 4.34 Å². The van der Waals surface area contributed by atoms with Gasteiger partial charge >= 0.3 is 5.97 Å². The number of rotatable bonds is 4. The first kappa shape index (κ1) is 12.8. The lowest BCUT2D eigenvalue weighted by Gasteiger charge is -2.06. The summed E-state index contributed by atoms with van der Waals surface area (Å²) >= 11 is 2.90. The smallest absolute Gasteiger partial charge is 0.340 e. The molecule has 2 rings (SSSR count). The molecule has 5 nitrogen and oxygen atoms in total. The number of hydrogen-bond acceptors (Lipinski definition) is 7. The Bertz CT molecular complexity index is 543. The van der Waals surface area contributed by atoms with E-state index in [4.69, 9.17) is 10.5 Å². The molecule has 2 N–H and O–H groups in total. The van der Waals surface area contributed by atoms with Crippen molar-refractivity contribution in [2.24, 2.45) is 0 Å². The number of carbonyl (C=O) groups excluding carboxylic acids is 1. The van der Waals surface area contributed by atoms with Crippen LogP contribution in [0.5, 0.6) is 0 Å². The van der Waals surface area contributed by atoms with Crippen molar-refractivity contribution in [3.63, 3.8) is 0 Å². The fourth-order valence-corrected chi connectivity index (χ4v) is 2.79. The second-order valence-electron chi connectivity index (χ2n) is 3.23. The lowest BCUT2D eigenvalue weighted by Crippen LogP contribution is -2.08. The van der Waals surface area contributed by atoms with Crippen molar-refractivity contribution in [1.29, 1.82) is 0 Å². The van der Waals surface area contributed by atoms with E-state index >= 15 is 0 Å². The summed E-state index contributed by atoms with van der Waals surface area (Å²) < 4.78 is 5.79. The summed E-state index contributed by atoms with van der Waals surface area (Å²) in [4.78, 5) is 20.0. The van der Waals surface area contributed by atoms with Crippen molar-refractivity contribution in [3.05, 3.63) is 29.4 Å². The normalized spacial score (nSPS) is 10.3. The van der Waals surface area contributed by atoms with Crippen LogP contribution in [0.25, 0.3) is 0 Å². The van der Waals surface area contributed by atoms with Crippen LogP contribution in [0.4, 0.5) is 5.69 Å². The van der Waals surface area contributed by atoms with E-state index in [-0.39, 0.29) is 0 Å². The summed E-state index contributed by atoms with van der Waals surface area (Å²) in [6, 6.07) is 1.62. The standard InChI is InChI=1S/C11H11N3O2S2/c1-2-16-10(15)7-5-9(14-6-8(7)12)18-11-13-3-4-17-11/h3-6H,2,12H2,1H3. The lowest BCUT2D eigenvalue weighted by atomic mass is 10.2. The molecule has 0 aromatic carbocycles. The number of aromatic nitrogens is 2. The van der Waals surface area contributed by atoms with Gasteiger partial charge in [0.25, 0.3) is 0 Å². The molecule has 0 saturated carbocycles. The number of anilines is 1. The molecule has 0 saturated heterocycles. The predicted molar refractivity (Wildman–Crippen MR) is 70.8 cm³/mol. The maximum absolute atomic E-state index is 11.7. The fourth-order valence-electron chi connectivity index (χ4n) is 1.24. The molecule has 0 bridgehead atoms. The van der Waals surface area contributed by atoms with Crippen LogP contribution >= 0.6 is 23.1 Å². The number of ether oxygens (including phenoxy) is 1. The van der Waals surface area contributed by atoms with E-state index in [9.17, 15) is 4.79 Å². The Kier molecular flexibility index (Phi) is 4.16. The number of esters is 1. The molecule has 18 heavy (non-hydrogen) atoms. The van der Waals surface area contributed by atoms with Crippen molar-refractivity contribution < 1.29 is 9.53 Å². The van der Waals surface area contributed by atoms with Crippen LogP contribution in [0.15, 0.2) is 33.2 Å². The van der Waals surface area contributed by atoms with Gasteiger partial charge in [-0.25, -0.2) is 14.8 Å². The van der Waals surface area contributed by atoms with Gasteiger partial charge < -0.3 is 10.5 Å². The average molecular weight is 281 g/mol. The van der Waals surface area contributed by atoms with Crippen molar-refractivity contribution in [2.75, 3.05) is 12.3 Å². The molecule has 0 aliphatic rings. The van der Waals surface area contributed by atoms with E-state index < -0.39 is 5.97 Å². The number of thiazole rings is 1. The SMILES string of the molecule is CCOC(=O)c1cc(Sc2nccs2)ncc1N. The topological polar surface area (TPSA) is 78.1 Å². The van der Waals surface area contributed by atoms with Gasteiger partial charge in [0, 0.05) is 11.6 Å². The maximum Gasteiger partial charge on any atom is 0.340 e. The minimum absolute atomic E-state index is 0.315. The third-order valence-electron chi connectivity index (χ3n) is 2.01. The van der Waals surface area contributed by atoms with Gasteiger partial charge in [0.2, 0.25) is 0 Å². The van der Waals surface area contributed by atoms with Crippen LogP contribution in [0.3, 0.4) is 0 Å². The Balaban J connectivity index is 2.23. The summed E-state index contributed by atoms with van der Waals surface area (Å²) in [6.45, 7) is 2.07. The van der Waals surface area contributed by atoms with Gasteiger partial charge in [0.05, 0.1) is 24.1 Å².